The maximum Gasteiger partial charge on any atom is 0.251 e. The van der Waals surface area contributed by atoms with Crippen molar-refractivity contribution in [2.75, 3.05) is 13.1 Å². The highest BCUT2D eigenvalue weighted by Crippen LogP contribution is 2.15. The van der Waals surface area contributed by atoms with Crippen LogP contribution < -0.4 is 5.32 Å². The van der Waals surface area contributed by atoms with Crippen LogP contribution in [0.4, 0.5) is 0 Å². The molecular formula is C22H23N3O2. The average Bonchev–Trinajstić information content (AvgIpc) is 2.70. The molecule has 0 atom stereocenters. The van der Waals surface area contributed by atoms with Crippen molar-refractivity contribution in [1.82, 2.24) is 10.2 Å². The largest absolute Gasteiger partial charge is 0.349 e. The lowest BCUT2D eigenvalue weighted by Crippen LogP contribution is -2.44. The second-order valence-electron chi connectivity index (χ2n) is 6.97. The molecule has 1 aliphatic rings. The fraction of sp³-hybridized carbons (Fsp3) is 0.318. The fourth-order valence-electron chi connectivity index (χ4n) is 3.30. The van der Waals surface area contributed by atoms with E-state index in [1.807, 2.05) is 24.3 Å². The Kier molecular flexibility index (Phi) is 6.00. The van der Waals surface area contributed by atoms with Crippen molar-refractivity contribution in [3.05, 3.63) is 70.8 Å². The van der Waals surface area contributed by atoms with Crippen LogP contribution in [0, 0.1) is 11.3 Å². The lowest BCUT2D eigenvalue weighted by Gasteiger charge is -2.32. The fourth-order valence-corrected chi connectivity index (χ4v) is 3.30. The lowest BCUT2D eigenvalue weighted by atomic mass is 10.0. The monoisotopic (exact) mass is 361 g/mol. The minimum atomic E-state index is -0.0874. The summed E-state index contributed by atoms with van der Waals surface area (Å²) in [6, 6.07) is 16.8. The van der Waals surface area contributed by atoms with Crippen LogP contribution in [-0.4, -0.2) is 35.7 Å². The molecule has 5 heteroatoms. The summed E-state index contributed by atoms with van der Waals surface area (Å²) in [5.74, 6) is -0.0905. The molecule has 2 aromatic rings. The van der Waals surface area contributed by atoms with E-state index in [-0.39, 0.29) is 17.7 Å². The third kappa shape index (κ3) is 5.02. The first kappa shape index (κ1) is 18.8. The summed E-state index contributed by atoms with van der Waals surface area (Å²) in [7, 11) is 0. The zero-order valence-electron chi connectivity index (χ0n) is 15.4. The van der Waals surface area contributed by atoms with E-state index in [1.54, 1.807) is 24.3 Å². The van der Waals surface area contributed by atoms with Gasteiger partial charge >= 0.3 is 0 Å². The number of carbonyl (C=O) groups is 2. The number of benzene rings is 2. The molecule has 2 aromatic carbocycles. The molecule has 1 heterocycles. The van der Waals surface area contributed by atoms with E-state index in [1.165, 1.54) is 12.5 Å². The molecule has 0 aromatic heterocycles. The van der Waals surface area contributed by atoms with Crippen molar-refractivity contribution in [2.24, 2.45) is 0 Å². The van der Waals surface area contributed by atoms with Crippen LogP contribution >= 0.6 is 0 Å². The van der Waals surface area contributed by atoms with Gasteiger partial charge in [0.15, 0.2) is 5.78 Å². The van der Waals surface area contributed by atoms with Crippen LogP contribution in [0.25, 0.3) is 0 Å². The predicted molar refractivity (Wildman–Crippen MR) is 103 cm³/mol. The van der Waals surface area contributed by atoms with Crippen LogP contribution in [0.3, 0.4) is 0 Å². The van der Waals surface area contributed by atoms with Gasteiger partial charge in [-0.25, -0.2) is 0 Å². The van der Waals surface area contributed by atoms with Gasteiger partial charge in [-0.05, 0) is 49.6 Å². The predicted octanol–water partition coefficient (Wildman–Crippen LogP) is 3.16. The topological polar surface area (TPSA) is 73.2 Å². The molecule has 3 rings (SSSR count). The van der Waals surface area contributed by atoms with Crippen LogP contribution in [0.2, 0.25) is 0 Å². The third-order valence-electron chi connectivity index (χ3n) is 4.97. The average molecular weight is 361 g/mol. The number of likely N-dealkylation sites (tertiary alicyclic amines) is 1. The van der Waals surface area contributed by atoms with Gasteiger partial charge in [-0.3, -0.25) is 14.5 Å². The SMILES string of the molecule is CC(=O)c1ccc(C(=O)NC2CCN(Cc3ccc(C#N)cc3)CC2)cc1. The minimum absolute atomic E-state index is 0.00315. The standard InChI is InChI=1S/C22H23N3O2/c1-16(26)19-6-8-20(9-7-19)22(27)24-21-10-12-25(13-11-21)15-18-4-2-17(14-23)3-5-18/h2-9,21H,10-13,15H2,1H3,(H,24,27). The first-order valence-electron chi connectivity index (χ1n) is 9.18. The van der Waals surface area contributed by atoms with E-state index >= 15 is 0 Å². The molecule has 0 spiro atoms. The van der Waals surface area contributed by atoms with E-state index in [0.29, 0.717) is 16.7 Å². The van der Waals surface area contributed by atoms with Crippen molar-refractivity contribution in [2.45, 2.75) is 32.4 Å². The molecule has 1 N–H and O–H groups in total. The summed E-state index contributed by atoms with van der Waals surface area (Å²) in [6.07, 6.45) is 1.82. The molecule has 138 valence electrons. The van der Waals surface area contributed by atoms with Gasteiger partial charge in [0.25, 0.3) is 5.91 Å². The number of ketones is 1. The zero-order chi connectivity index (χ0) is 19.2. The highest BCUT2D eigenvalue weighted by atomic mass is 16.1. The van der Waals surface area contributed by atoms with Gasteiger partial charge in [-0.1, -0.05) is 24.3 Å². The van der Waals surface area contributed by atoms with Gasteiger partial charge in [-0.15, -0.1) is 0 Å². The third-order valence-corrected chi connectivity index (χ3v) is 4.97. The number of hydrogen-bond donors (Lipinski definition) is 1. The van der Waals surface area contributed by atoms with Crippen LogP contribution in [-0.2, 0) is 6.54 Å². The van der Waals surface area contributed by atoms with Crippen LogP contribution in [0.5, 0.6) is 0 Å². The molecule has 1 fully saturated rings. The Morgan fingerprint density at radius 1 is 1.04 bits per heavy atom. The van der Waals surface area contributed by atoms with Gasteiger partial charge in [-0.2, -0.15) is 5.26 Å². The zero-order valence-corrected chi connectivity index (χ0v) is 15.4. The first-order valence-corrected chi connectivity index (χ1v) is 9.18. The van der Waals surface area contributed by atoms with Crippen molar-refractivity contribution in [3.8, 4) is 6.07 Å². The smallest absolute Gasteiger partial charge is 0.251 e. The summed E-state index contributed by atoms with van der Waals surface area (Å²) in [5.41, 5.74) is 3.07. The Balaban J connectivity index is 1.48. The number of nitriles is 1. The molecule has 1 amide bonds. The van der Waals surface area contributed by atoms with Crippen LogP contribution in [0.15, 0.2) is 48.5 Å². The molecule has 0 radical (unpaired) electrons. The maximum absolute atomic E-state index is 12.4. The molecule has 1 saturated heterocycles. The number of nitrogens with zero attached hydrogens (tertiary/aromatic N) is 2. The number of amides is 1. The Bertz CT molecular complexity index is 843. The van der Waals surface area contributed by atoms with Crippen molar-refractivity contribution >= 4 is 11.7 Å². The second kappa shape index (κ2) is 8.61. The molecule has 0 unspecified atom stereocenters. The van der Waals surface area contributed by atoms with Gasteiger partial charge in [0.1, 0.15) is 0 Å². The number of nitrogens with one attached hydrogen (secondary N) is 1. The summed E-state index contributed by atoms with van der Waals surface area (Å²) < 4.78 is 0. The van der Waals surface area contributed by atoms with Gasteiger partial charge in [0.2, 0.25) is 0 Å². The molecule has 0 bridgehead atoms. The first-order chi connectivity index (χ1) is 13.0. The summed E-state index contributed by atoms with van der Waals surface area (Å²) in [5, 5.41) is 12.0. The molecule has 1 aliphatic heterocycles. The summed E-state index contributed by atoms with van der Waals surface area (Å²) >= 11 is 0. The lowest BCUT2D eigenvalue weighted by molar-refractivity contribution is 0.0907. The highest BCUT2D eigenvalue weighted by molar-refractivity contribution is 5.97. The molecular weight excluding hydrogens is 338 g/mol. The second-order valence-corrected chi connectivity index (χ2v) is 6.97. The van der Waals surface area contributed by atoms with E-state index in [4.69, 9.17) is 5.26 Å². The van der Waals surface area contributed by atoms with Gasteiger partial charge < -0.3 is 5.32 Å². The van der Waals surface area contributed by atoms with Gasteiger partial charge in [0, 0.05) is 36.8 Å². The Morgan fingerprint density at radius 3 is 2.19 bits per heavy atom. The Morgan fingerprint density at radius 2 is 1.63 bits per heavy atom. The molecule has 27 heavy (non-hydrogen) atoms. The molecule has 0 saturated carbocycles. The van der Waals surface area contributed by atoms with Crippen molar-refractivity contribution in [3.63, 3.8) is 0 Å². The summed E-state index contributed by atoms with van der Waals surface area (Å²) in [6.45, 7) is 4.22. The normalized spacial score (nSPS) is 15.1. The highest BCUT2D eigenvalue weighted by Gasteiger charge is 2.21. The number of hydrogen-bond acceptors (Lipinski definition) is 4. The van der Waals surface area contributed by atoms with Gasteiger partial charge in [0.05, 0.1) is 11.6 Å². The number of carbonyl (C=O) groups excluding carboxylic acids is 2. The molecule has 0 aliphatic carbocycles. The van der Waals surface area contributed by atoms with Crippen LogP contribution in [0.1, 0.15) is 51.6 Å². The maximum atomic E-state index is 12.4. The van der Waals surface area contributed by atoms with E-state index in [0.717, 1.165) is 32.5 Å². The Hall–Kier alpha value is -2.97. The Labute approximate surface area is 159 Å². The number of piperidine rings is 1. The number of Topliss-reactive ketones (excluding diaryl/α,β-unsaturated/α-hetero) is 1. The summed E-state index contributed by atoms with van der Waals surface area (Å²) in [4.78, 5) is 26.1. The number of rotatable bonds is 5. The van der Waals surface area contributed by atoms with E-state index in [9.17, 15) is 9.59 Å². The molecule has 5 nitrogen and oxygen atoms in total. The van der Waals surface area contributed by atoms with E-state index in [2.05, 4.69) is 16.3 Å². The van der Waals surface area contributed by atoms with Crippen molar-refractivity contribution < 1.29 is 9.59 Å². The minimum Gasteiger partial charge on any atom is -0.349 e. The van der Waals surface area contributed by atoms with Crippen molar-refractivity contribution in [1.29, 1.82) is 5.26 Å². The quantitative estimate of drug-likeness (QED) is 0.830. The van der Waals surface area contributed by atoms with E-state index < -0.39 is 0 Å².